The highest BCUT2D eigenvalue weighted by Gasteiger charge is 2.44. The first kappa shape index (κ1) is 21.8. The number of halogens is 1. The van der Waals surface area contributed by atoms with Gasteiger partial charge in [0.1, 0.15) is 19.0 Å². The van der Waals surface area contributed by atoms with Crippen molar-refractivity contribution in [2.45, 2.75) is 12.5 Å². The summed E-state index contributed by atoms with van der Waals surface area (Å²) in [6, 6.07) is 9.46. The first-order valence-electron chi connectivity index (χ1n) is 10.6. The minimum atomic E-state index is -1.07. The van der Waals surface area contributed by atoms with E-state index < -0.39 is 29.3 Å². The van der Waals surface area contributed by atoms with Crippen molar-refractivity contribution in [3.05, 3.63) is 65.0 Å². The largest absolute Gasteiger partial charge is 0.872 e. The smallest absolute Gasteiger partial charge is 0.295 e. The van der Waals surface area contributed by atoms with Crippen LogP contribution in [0.25, 0.3) is 5.76 Å². The molecule has 0 aliphatic carbocycles. The van der Waals surface area contributed by atoms with Gasteiger partial charge in [0, 0.05) is 24.1 Å². The van der Waals surface area contributed by atoms with Gasteiger partial charge in [-0.25, -0.2) is 4.39 Å². The number of benzene rings is 2. The van der Waals surface area contributed by atoms with Crippen molar-refractivity contribution >= 4 is 17.4 Å². The molecule has 1 unspecified atom stereocenters. The van der Waals surface area contributed by atoms with Crippen LogP contribution < -0.4 is 19.5 Å². The van der Waals surface area contributed by atoms with Gasteiger partial charge < -0.3 is 24.4 Å². The van der Waals surface area contributed by atoms with Crippen molar-refractivity contribution in [1.82, 2.24) is 4.90 Å². The number of hydrogen-bond acceptors (Lipinski definition) is 5. The van der Waals surface area contributed by atoms with E-state index in [1.54, 1.807) is 12.1 Å². The zero-order valence-corrected chi connectivity index (χ0v) is 18.0. The molecule has 2 heterocycles. The summed E-state index contributed by atoms with van der Waals surface area (Å²) in [4.78, 5) is 28.4. The van der Waals surface area contributed by atoms with Gasteiger partial charge in [-0.2, -0.15) is 0 Å². The van der Waals surface area contributed by atoms with Crippen molar-refractivity contribution in [3.63, 3.8) is 0 Å². The fraction of sp³-hybridized carbons (Fsp3) is 0.333. The minimum absolute atomic E-state index is 0.129. The molecule has 0 spiro atoms. The third kappa shape index (κ3) is 4.05. The summed E-state index contributed by atoms with van der Waals surface area (Å²) in [5.74, 6) is -1.97. The monoisotopic (exact) mass is 440 g/mol. The number of ketones is 1. The number of nitrogens with one attached hydrogen (secondary N) is 1. The minimum Gasteiger partial charge on any atom is -0.872 e. The number of quaternary nitrogens is 1. The van der Waals surface area contributed by atoms with Crippen LogP contribution in [0, 0.1) is 5.82 Å². The fourth-order valence-electron chi connectivity index (χ4n) is 4.06. The molecule has 1 atom stereocenters. The van der Waals surface area contributed by atoms with E-state index in [1.807, 2.05) is 14.1 Å². The van der Waals surface area contributed by atoms with Crippen LogP contribution in [0.4, 0.5) is 4.39 Å². The van der Waals surface area contributed by atoms with Crippen LogP contribution in [0.3, 0.4) is 0 Å². The number of ether oxygens (including phenoxy) is 2. The number of carbonyl (C=O) groups is 2. The van der Waals surface area contributed by atoms with Gasteiger partial charge in [0.05, 0.1) is 26.7 Å². The Morgan fingerprint density at radius 1 is 1.12 bits per heavy atom. The lowest BCUT2D eigenvalue weighted by molar-refractivity contribution is -0.858. The Kier molecular flexibility index (Phi) is 6.14. The molecular weight excluding hydrogens is 415 g/mol. The summed E-state index contributed by atoms with van der Waals surface area (Å²) in [6.45, 7) is 1.75. The first-order chi connectivity index (χ1) is 15.4. The van der Waals surface area contributed by atoms with E-state index in [0.717, 1.165) is 6.54 Å². The van der Waals surface area contributed by atoms with Crippen LogP contribution in [-0.2, 0) is 9.59 Å². The van der Waals surface area contributed by atoms with E-state index in [0.29, 0.717) is 31.1 Å². The lowest BCUT2D eigenvalue weighted by Gasteiger charge is -2.28. The number of Topliss-reactive ketones (excluding diaryl/α,β-unsaturated/α-hetero) is 1. The van der Waals surface area contributed by atoms with Gasteiger partial charge in [-0.15, -0.1) is 0 Å². The van der Waals surface area contributed by atoms with Crippen molar-refractivity contribution in [2.75, 3.05) is 40.4 Å². The zero-order valence-electron chi connectivity index (χ0n) is 18.0. The summed E-state index contributed by atoms with van der Waals surface area (Å²) in [5, 5.41) is 13.5. The highest BCUT2D eigenvalue weighted by Crippen LogP contribution is 2.41. The molecule has 2 aliphatic rings. The second-order valence-electron chi connectivity index (χ2n) is 8.16. The predicted molar refractivity (Wildman–Crippen MR) is 113 cm³/mol. The number of carbonyl (C=O) groups excluding carboxylic acids is 2. The molecule has 1 fully saturated rings. The molecule has 2 aliphatic heterocycles. The molecule has 168 valence electrons. The van der Waals surface area contributed by atoms with Crippen molar-refractivity contribution in [2.24, 2.45) is 0 Å². The molecule has 32 heavy (non-hydrogen) atoms. The van der Waals surface area contributed by atoms with Crippen LogP contribution in [0.5, 0.6) is 11.5 Å². The fourth-order valence-corrected chi connectivity index (χ4v) is 4.06. The molecule has 2 aromatic carbocycles. The number of amides is 1. The summed E-state index contributed by atoms with van der Waals surface area (Å²) in [5.41, 5.74) is 0.0742. The van der Waals surface area contributed by atoms with Crippen LogP contribution in [0.15, 0.2) is 48.0 Å². The Labute approximate surface area is 185 Å². The topological polar surface area (TPSA) is 83.3 Å². The highest BCUT2D eigenvalue weighted by molar-refractivity contribution is 6.46. The third-order valence-electron chi connectivity index (χ3n) is 5.61. The summed E-state index contributed by atoms with van der Waals surface area (Å²) < 4.78 is 25.8. The number of nitrogens with zero attached hydrogens (tertiary/aromatic N) is 1. The van der Waals surface area contributed by atoms with Gasteiger partial charge in [-0.3, -0.25) is 9.59 Å². The predicted octanol–water partition coefficient (Wildman–Crippen LogP) is 0.356. The molecule has 1 amide bonds. The average molecular weight is 440 g/mol. The molecule has 8 heteroatoms. The second-order valence-corrected chi connectivity index (χ2v) is 8.16. The number of likely N-dealkylation sites (tertiary alicyclic amines) is 1. The molecule has 0 saturated carbocycles. The van der Waals surface area contributed by atoms with E-state index in [9.17, 15) is 19.1 Å². The maximum absolute atomic E-state index is 14.8. The van der Waals surface area contributed by atoms with E-state index in [-0.39, 0.29) is 23.2 Å². The Morgan fingerprint density at radius 3 is 2.56 bits per heavy atom. The SMILES string of the molecule is C[NH+](C)CCCN1C(=O)C(=O)/C(=C(/[O-])c2ccc3c(c2)OCCO3)C1c1ccccc1F. The molecule has 2 aromatic rings. The molecule has 0 bridgehead atoms. The summed E-state index contributed by atoms with van der Waals surface area (Å²) in [7, 11) is 3.96. The Hall–Kier alpha value is -3.39. The Morgan fingerprint density at radius 2 is 1.84 bits per heavy atom. The molecule has 4 rings (SSSR count). The molecular formula is C24H25FN2O5. The zero-order chi connectivity index (χ0) is 22.8. The van der Waals surface area contributed by atoms with Gasteiger partial charge >= 0.3 is 0 Å². The maximum Gasteiger partial charge on any atom is 0.295 e. The van der Waals surface area contributed by atoms with Crippen molar-refractivity contribution in [3.8, 4) is 11.5 Å². The van der Waals surface area contributed by atoms with Crippen molar-refractivity contribution in [1.29, 1.82) is 0 Å². The van der Waals surface area contributed by atoms with Crippen LogP contribution in [-0.4, -0.2) is 57.0 Å². The van der Waals surface area contributed by atoms with E-state index >= 15 is 0 Å². The second kappa shape index (κ2) is 9.00. The Bertz CT molecular complexity index is 1080. The van der Waals surface area contributed by atoms with Crippen molar-refractivity contribution < 1.29 is 33.5 Å². The van der Waals surface area contributed by atoms with E-state index in [4.69, 9.17) is 9.47 Å². The van der Waals surface area contributed by atoms with Gasteiger partial charge in [0.25, 0.3) is 5.91 Å². The Balaban J connectivity index is 1.80. The van der Waals surface area contributed by atoms with E-state index in [1.165, 1.54) is 40.1 Å². The van der Waals surface area contributed by atoms with E-state index in [2.05, 4.69) is 0 Å². The summed E-state index contributed by atoms with van der Waals surface area (Å²) >= 11 is 0. The quantitative estimate of drug-likeness (QED) is 0.398. The summed E-state index contributed by atoms with van der Waals surface area (Å²) in [6.07, 6.45) is 0.609. The molecule has 0 aromatic heterocycles. The highest BCUT2D eigenvalue weighted by atomic mass is 19.1. The lowest BCUT2D eigenvalue weighted by Crippen LogP contribution is -3.05. The normalized spacial score (nSPS) is 19.6. The number of hydrogen-bond donors (Lipinski definition) is 1. The third-order valence-corrected chi connectivity index (χ3v) is 5.61. The maximum atomic E-state index is 14.8. The van der Waals surface area contributed by atoms with Gasteiger partial charge in [0.2, 0.25) is 5.78 Å². The van der Waals surface area contributed by atoms with Crippen LogP contribution in [0.2, 0.25) is 0 Å². The van der Waals surface area contributed by atoms with Crippen LogP contribution >= 0.6 is 0 Å². The number of fused-ring (bicyclic) bond motifs is 1. The molecule has 0 radical (unpaired) electrons. The standard InChI is InChI=1S/C24H25FN2O5/c1-26(2)10-5-11-27-21(16-6-3-4-7-17(16)25)20(23(29)24(27)30)22(28)15-8-9-18-19(14-15)32-13-12-31-18/h3-4,6-9,14,21,28H,5,10-13H2,1-2H3/b22-20+. The van der Waals surface area contributed by atoms with Gasteiger partial charge in [-0.05, 0) is 23.8 Å². The molecule has 1 N–H and O–H groups in total. The first-order valence-corrected chi connectivity index (χ1v) is 10.6. The van der Waals surface area contributed by atoms with Crippen LogP contribution in [0.1, 0.15) is 23.6 Å². The molecule has 7 nitrogen and oxygen atoms in total. The lowest BCUT2D eigenvalue weighted by atomic mass is 9.94. The van der Waals surface area contributed by atoms with Gasteiger partial charge in [0.15, 0.2) is 11.5 Å². The molecule has 1 saturated heterocycles. The number of rotatable bonds is 6. The van der Waals surface area contributed by atoms with Gasteiger partial charge in [-0.1, -0.05) is 30.0 Å². The average Bonchev–Trinajstić information content (AvgIpc) is 3.03.